The van der Waals surface area contributed by atoms with E-state index in [1.807, 2.05) is 111 Å². The van der Waals surface area contributed by atoms with Gasteiger partial charge in [0.15, 0.2) is 0 Å². The lowest BCUT2D eigenvalue weighted by Crippen LogP contribution is -2.08. The summed E-state index contributed by atoms with van der Waals surface area (Å²) in [6.45, 7) is 5.97. The first kappa shape index (κ1) is 24.8. The van der Waals surface area contributed by atoms with Gasteiger partial charge in [-0.25, -0.2) is 0 Å². The van der Waals surface area contributed by atoms with E-state index in [0.717, 1.165) is 34.4 Å². The molecule has 0 aromatic heterocycles. The Hall–Kier alpha value is -4.32. The summed E-state index contributed by atoms with van der Waals surface area (Å²) in [7, 11) is 0. The van der Waals surface area contributed by atoms with Crippen molar-refractivity contribution in [1.29, 1.82) is 0 Å². The highest BCUT2D eigenvalue weighted by Gasteiger charge is 1.99. The monoisotopic (exact) mass is 482 g/mol. The van der Waals surface area contributed by atoms with Gasteiger partial charge in [-0.1, -0.05) is 35.4 Å². The average molecular weight is 483 g/mol. The summed E-state index contributed by atoms with van der Waals surface area (Å²) in [5.74, 6) is 3.20. The Kier molecular flexibility index (Phi) is 8.92. The Bertz CT molecular complexity index is 1120. The minimum atomic E-state index is 0.460. The van der Waals surface area contributed by atoms with E-state index in [9.17, 15) is 0 Å². The average Bonchev–Trinajstić information content (AvgIpc) is 2.91. The van der Waals surface area contributed by atoms with Crippen LogP contribution in [0.15, 0.2) is 107 Å². The standard InChI is InChI=1S/C30H30N2O4/c1-23-3-11-27(12-4-23)33-19-21-35-29-15-7-25(8-16-29)31-32-26-9-17-30(18-10-26)36-22-20-34-28-13-5-24(2)6-14-28/h3-18H,19-22H2,1-2H3/b32-31-. The molecule has 0 aliphatic carbocycles. The van der Waals surface area contributed by atoms with E-state index in [1.165, 1.54) is 11.1 Å². The van der Waals surface area contributed by atoms with Gasteiger partial charge in [-0.15, -0.1) is 0 Å². The van der Waals surface area contributed by atoms with Crippen LogP contribution in [0.4, 0.5) is 11.4 Å². The van der Waals surface area contributed by atoms with E-state index in [1.54, 1.807) is 0 Å². The third-order valence-corrected chi connectivity index (χ3v) is 5.24. The molecule has 0 amide bonds. The van der Waals surface area contributed by atoms with Crippen LogP contribution < -0.4 is 18.9 Å². The molecule has 0 N–H and O–H groups in total. The molecule has 4 aromatic carbocycles. The van der Waals surface area contributed by atoms with Crippen LogP contribution in [-0.4, -0.2) is 26.4 Å². The Labute approximate surface area is 212 Å². The third kappa shape index (κ3) is 8.17. The number of hydrogen-bond donors (Lipinski definition) is 0. The second-order valence-electron chi connectivity index (χ2n) is 8.21. The minimum Gasteiger partial charge on any atom is -0.490 e. The molecule has 0 unspecified atom stereocenters. The van der Waals surface area contributed by atoms with Crippen molar-refractivity contribution in [3.05, 3.63) is 108 Å². The topological polar surface area (TPSA) is 61.6 Å². The lowest BCUT2D eigenvalue weighted by molar-refractivity contribution is 0.217. The SMILES string of the molecule is Cc1ccc(OCCOc2ccc(/N=N\c3ccc(OCCOc4ccc(C)cc4)cc3)cc2)cc1. The fraction of sp³-hybridized carbons (Fsp3) is 0.200. The number of benzene rings is 4. The molecule has 36 heavy (non-hydrogen) atoms. The minimum absolute atomic E-state index is 0.460. The van der Waals surface area contributed by atoms with Crippen molar-refractivity contribution >= 4 is 11.4 Å². The third-order valence-electron chi connectivity index (χ3n) is 5.24. The lowest BCUT2D eigenvalue weighted by atomic mass is 10.2. The molecule has 0 radical (unpaired) electrons. The van der Waals surface area contributed by atoms with Gasteiger partial charge < -0.3 is 18.9 Å². The molecule has 0 spiro atoms. The number of azo groups is 1. The van der Waals surface area contributed by atoms with Crippen LogP contribution in [0.25, 0.3) is 0 Å². The Morgan fingerprint density at radius 1 is 0.389 bits per heavy atom. The summed E-state index contributed by atoms with van der Waals surface area (Å²) in [6.07, 6.45) is 0. The molecule has 0 saturated heterocycles. The van der Waals surface area contributed by atoms with Crippen molar-refractivity contribution in [1.82, 2.24) is 0 Å². The number of nitrogens with zero attached hydrogens (tertiary/aromatic N) is 2. The van der Waals surface area contributed by atoms with Crippen LogP contribution in [-0.2, 0) is 0 Å². The summed E-state index contributed by atoms with van der Waals surface area (Å²) in [4.78, 5) is 0. The Morgan fingerprint density at radius 3 is 0.917 bits per heavy atom. The molecule has 0 fully saturated rings. The van der Waals surface area contributed by atoms with E-state index in [4.69, 9.17) is 18.9 Å². The molecule has 6 heteroatoms. The predicted molar refractivity (Wildman–Crippen MR) is 141 cm³/mol. The molecule has 184 valence electrons. The predicted octanol–water partition coefficient (Wildman–Crippen LogP) is 7.63. The highest BCUT2D eigenvalue weighted by atomic mass is 16.5. The second kappa shape index (κ2) is 13.0. The second-order valence-corrected chi connectivity index (χ2v) is 8.21. The van der Waals surface area contributed by atoms with Crippen molar-refractivity contribution in [2.45, 2.75) is 13.8 Å². The van der Waals surface area contributed by atoms with Crippen molar-refractivity contribution in [2.75, 3.05) is 26.4 Å². The number of ether oxygens (including phenoxy) is 4. The number of aryl methyl sites for hydroxylation is 2. The molecule has 0 atom stereocenters. The van der Waals surface area contributed by atoms with Crippen LogP contribution in [0.3, 0.4) is 0 Å². The summed E-state index contributed by atoms with van der Waals surface area (Å²) >= 11 is 0. The van der Waals surface area contributed by atoms with Crippen LogP contribution in [0.5, 0.6) is 23.0 Å². The maximum atomic E-state index is 5.73. The zero-order valence-electron chi connectivity index (χ0n) is 20.6. The maximum absolute atomic E-state index is 5.73. The molecule has 0 saturated carbocycles. The molecule has 4 rings (SSSR count). The smallest absolute Gasteiger partial charge is 0.122 e. The van der Waals surface area contributed by atoms with E-state index in [0.29, 0.717) is 26.4 Å². The molecule has 6 nitrogen and oxygen atoms in total. The van der Waals surface area contributed by atoms with E-state index in [-0.39, 0.29) is 0 Å². The highest BCUT2D eigenvalue weighted by molar-refractivity contribution is 5.44. The lowest BCUT2D eigenvalue weighted by Gasteiger charge is -2.09. The van der Waals surface area contributed by atoms with Crippen LogP contribution in [0.2, 0.25) is 0 Å². The van der Waals surface area contributed by atoms with E-state index in [2.05, 4.69) is 10.2 Å². The Balaban J connectivity index is 1.15. The first-order chi connectivity index (χ1) is 17.6. The molecule has 0 aliphatic heterocycles. The van der Waals surface area contributed by atoms with Crippen LogP contribution >= 0.6 is 0 Å². The Morgan fingerprint density at radius 2 is 0.639 bits per heavy atom. The quantitative estimate of drug-likeness (QED) is 0.154. The van der Waals surface area contributed by atoms with E-state index >= 15 is 0 Å². The van der Waals surface area contributed by atoms with Crippen molar-refractivity contribution < 1.29 is 18.9 Å². The number of hydrogen-bond acceptors (Lipinski definition) is 6. The zero-order valence-corrected chi connectivity index (χ0v) is 20.6. The van der Waals surface area contributed by atoms with Gasteiger partial charge in [0.1, 0.15) is 49.4 Å². The largest absolute Gasteiger partial charge is 0.490 e. The highest BCUT2D eigenvalue weighted by Crippen LogP contribution is 2.23. The normalized spacial score (nSPS) is 10.8. The summed E-state index contributed by atoms with van der Waals surface area (Å²) in [5, 5.41) is 8.58. The van der Waals surface area contributed by atoms with E-state index < -0.39 is 0 Å². The molecular formula is C30H30N2O4. The number of rotatable bonds is 12. The first-order valence-corrected chi connectivity index (χ1v) is 11.9. The van der Waals surface area contributed by atoms with Gasteiger partial charge in [-0.3, -0.25) is 0 Å². The summed E-state index contributed by atoms with van der Waals surface area (Å²) < 4.78 is 22.8. The van der Waals surface area contributed by atoms with Crippen molar-refractivity contribution in [3.63, 3.8) is 0 Å². The van der Waals surface area contributed by atoms with Gasteiger partial charge >= 0.3 is 0 Å². The molecular weight excluding hydrogens is 452 g/mol. The zero-order chi connectivity index (χ0) is 25.0. The summed E-state index contributed by atoms with van der Waals surface area (Å²) in [6, 6.07) is 30.9. The fourth-order valence-corrected chi connectivity index (χ4v) is 3.24. The summed E-state index contributed by atoms with van der Waals surface area (Å²) in [5.41, 5.74) is 3.90. The molecule has 0 heterocycles. The molecule has 4 aromatic rings. The fourth-order valence-electron chi connectivity index (χ4n) is 3.24. The maximum Gasteiger partial charge on any atom is 0.122 e. The van der Waals surface area contributed by atoms with Crippen LogP contribution in [0.1, 0.15) is 11.1 Å². The molecule has 0 aliphatic rings. The van der Waals surface area contributed by atoms with Gasteiger partial charge in [0.05, 0.1) is 11.4 Å². The first-order valence-electron chi connectivity index (χ1n) is 11.9. The van der Waals surface area contributed by atoms with Gasteiger partial charge in [-0.05, 0) is 86.6 Å². The van der Waals surface area contributed by atoms with Gasteiger partial charge in [0, 0.05) is 0 Å². The van der Waals surface area contributed by atoms with Crippen molar-refractivity contribution in [2.24, 2.45) is 10.2 Å². The van der Waals surface area contributed by atoms with Gasteiger partial charge in [-0.2, -0.15) is 10.2 Å². The van der Waals surface area contributed by atoms with Gasteiger partial charge in [0.2, 0.25) is 0 Å². The molecule has 0 bridgehead atoms. The van der Waals surface area contributed by atoms with Crippen LogP contribution in [0, 0.1) is 13.8 Å². The van der Waals surface area contributed by atoms with Crippen molar-refractivity contribution in [3.8, 4) is 23.0 Å². The van der Waals surface area contributed by atoms with Gasteiger partial charge in [0.25, 0.3) is 0 Å².